The van der Waals surface area contributed by atoms with Gasteiger partial charge in [-0.15, -0.1) is 0 Å². The van der Waals surface area contributed by atoms with Gasteiger partial charge >= 0.3 is 0 Å². The molecule has 0 unspecified atom stereocenters. The smallest absolute Gasteiger partial charge is 0.215 e. The summed E-state index contributed by atoms with van der Waals surface area (Å²) in [6.45, 7) is 17.5. The highest BCUT2D eigenvalue weighted by Crippen LogP contribution is 2.49. The summed E-state index contributed by atoms with van der Waals surface area (Å²) in [5.41, 5.74) is 1.36. The molecule has 0 heterocycles. The van der Waals surface area contributed by atoms with Gasteiger partial charge in [0, 0.05) is 24.4 Å². The molecule has 0 saturated heterocycles. The minimum Gasteiger partial charge on any atom is -0.343 e. The third-order valence-corrected chi connectivity index (χ3v) is 3.59. The predicted octanol–water partition coefficient (Wildman–Crippen LogP) is 4.28. The van der Waals surface area contributed by atoms with Crippen LogP contribution in [0.15, 0.2) is 23.3 Å². The number of rotatable bonds is 4. The Bertz CT molecular complexity index is 414. The lowest BCUT2D eigenvalue weighted by atomic mass is 9.69. The van der Waals surface area contributed by atoms with Crippen LogP contribution in [-0.2, 0) is 14.3 Å². The van der Waals surface area contributed by atoms with Crippen LogP contribution >= 0.6 is 0 Å². The van der Waals surface area contributed by atoms with Crippen molar-refractivity contribution in [1.29, 1.82) is 0 Å². The molecule has 1 aliphatic carbocycles. The summed E-state index contributed by atoms with van der Waals surface area (Å²) in [7, 11) is 0. The average Bonchev–Trinajstić information content (AvgIpc) is 2.29. The third kappa shape index (κ3) is 3.64. The van der Waals surface area contributed by atoms with E-state index < -0.39 is 5.79 Å². The molecular formula is C18H30O3. The zero-order valence-electron chi connectivity index (χ0n) is 14.8. The van der Waals surface area contributed by atoms with Crippen molar-refractivity contribution in [3.63, 3.8) is 0 Å². The maximum absolute atomic E-state index is 12.2. The number of ether oxygens (including phenoxy) is 2. The highest BCUT2D eigenvalue weighted by Gasteiger charge is 2.50. The van der Waals surface area contributed by atoms with E-state index in [2.05, 4.69) is 41.5 Å². The van der Waals surface area contributed by atoms with E-state index in [9.17, 15) is 4.79 Å². The average molecular weight is 294 g/mol. The molecule has 0 spiro atoms. The number of carbonyl (C=O) groups is 1. The zero-order valence-corrected chi connectivity index (χ0v) is 14.8. The molecule has 0 bridgehead atoms. The fourth-order valence-corrected chi connectivity index (χ4v) is 2.84. The Labute approximate surface area is 129 Å². The van der Waals surface area contributed by atoms with Crippen LogP contribution in [0.1, 0.15) is 55.4 Å². The molecule has 3 nitrogen and oxygen atoms in total. The molecule has 0 N–H and O–H groups in total. The van der Waals surface area contributed by atoms with Crippen LogP contribution < -0.4 is 0 Å². The monoisotopic (exact) mass is 294 g/mol. The molecule has 0 aliphatic heterocycles. The number of hydrogen-bond donors (Lipinski definition) is 0. The molecule has 21 heavy (non-hydrogen) atoms. The second kappa shape index (κ2) is 6.05. The highest BCUT2D eigenvalue weighted by molar-refractivity contribution is 6.02. The summed E-state index contributed by atoms with van der Waals surface area (Å²) in [5, 5.41) is 0. The van der Waals surface area contributed by atoms with Crippen molar-refractivity contribution < 1.29 is 14.3 Å². The molecule has 0 radical (unpaired) electrons. The van der Waals surface area contributed by atoms with Crippen LogP contribution in [0.5, 0.6) is 0 Å². The maximum atomic E-state index is 12.2. The summed E-state index contributed by atoms with van der Waals surface area (Å²) >= 11 is 0. The molecular weight excluding hydrogens is 264 g/mol. The molecule has 0 fully saturated rings. The molecule has 0 aromatic heterocycles. The van der Waals surface area contributed by atoms with E-state index in [1.807, 2.05) is 13.8 Å². The van der Waals surface area contributed by atoms with E-state index >= 15 is 0 Å². The van der Waals surface area contributed by atoms with Crippen LogP contribution in [-0.4, -0.2) is 24.8 Å². The van der Waals surface area contributed by atoms with Gasteiger partial charge in [-0.25, -0.2) is 0 Å². The number of ketones is 1. The lowest BCUT2D eigenvalue weighted by Crippen LogP contribution is -2.49. The maximum Gasteiger partial charge on any atom is 0.215 e. The van der Waals surface area contributed by atoms with Crippen molar-refractivity contribution in [1.82, 2.24) is 0 Å². The van der Waals surface area contributed by atoms with Crippen molar-refractivity contribution >= 4 is 5.78 Å². The van der Waals surface area contributed by atoms with Gasteiger partial charge < -0.3 is 9.47 Å². The van der Waals surface area contributed by atoms with Crippen LogP contribution in [0.2, 0.25) is 0 Å². The van der Waals surface area contributed by atoms with E-state index in [0.717, 1.165) is 11.1 Å². The molecule has 3 heteroatoms. The Morgan fingerprint density at radius 2 is 1.19 bits per heavy atom. The normalized spacial score (nSPS) is 19.3. The quantitative estimate of drug-likeness (QED) is 0.726. The standard InChI is InChI=1S/C18H30O3/c1-9-20-18(21-10-2)14(16(3,4)5)11-13(19)12-15(18)17(6,7)8/h11-12H,9-10H2,1-8H3. The minimum absolute atomic E-state index is 0.0138. The first-order valence-corrected chi connectivity index (χ1v) is 7.76. The molecule has 0 atom stereocenters. The number of carbonyl (C=O) groups excluding carboxylic acids is 1. The largest absolute Gasteiger partial charge is 0.343 e. The fourth-order valence-electron chi connectivity index (χ4n) is 2.84. The van der Waals surface area contributed by atoms with Gasteiger partial charge in [-0.1, -0.05) is 41.5 Å². The van der Waals surface area contributed by atoms with Gasteiger partial charge in [0.1, 0.15) is 0 Å². The zero-order chi connectivity index (χ0) is 16.5. The van der Waals surface area contributed by atoms with Gasteiger partial charge in [0.05, 0.1) is 0 Å². The lowest BCUT2D eigenvalue weighted by Gasteiger charge is -2.47. The molecule has 1 rings (SSSR count). The first kappa shape index (κ1) is 18.1. The Morgan fingerprint density at radius 3 is 1.43 bits per heavy atom. The second-order valence-electron chi connectivity index (χ2n) is 7.50. The molecule has 0 aromatic carbocycles. The first-order chi connectivity index (χ1) is 9.49. The molecule has 0 saturated carbocycles. The van der Waals surface area contributed by atoms with Crippen LogP contribution in [0.25, 0.3) is 0 Å². The molecule has 1 aliphatic rings. The van der Waals surface area contributed by atoms with E-state index in [-0.39, 0.29) is 16.6 Å². The fraction of sp³-hybridized carbons (Fsp3) is 0.722. The van der Waals surface area contributed by atoms with Crippen molar-refractivity contribution in [2.24, 2.45) is 10.8 Å². The summed E-state index contributed by atoms with van der Waals surface area (Å²) < 4.78 is 12.3. The van der Waals surface area contributed by atoms with Crippen LogP contribution in [0, 0.1) is 10.8 Å². The van der Waals surface area contributed by atoms with Crippen molar-refractivity contribution in [3.8, 4) is 0 Å². The van der Waals surface area contributed by atoms with E-state index in [1.54, 1.807) is 12.2 Å². The molecule has 0 aromatic rings. The third-order valence-electron chi connectivity index (χ3n) is 3.59. The predicted molar refractivity (Wildman–Crippen MR) is 86.1 cm³/mol. The Balaban J connectivity index is 3.59. The van der Waals surface area contributed by atoms with Crippen molar-refractivity contribution in [3.05, 3.63) is 23.3 Å². The Morgan fingerprint density at radius 1 is 0.857 bits per heavy atom. The van der Waals surface area contributed by atoms with Gasteiger partial charge in [-0.3, -0.25) is 4.79 Å². The molecule has 0 amide bonds. The van der Waals surface area contributed by atoms with Crippen LogP contribution in [0.4, 0.5) is 0 Å². The minimum atomic E-state index is -0.937. The van der Waals surface area contributed by atoms with E-state index in [1.165, 1.54) is 0 Å². The number of hydrogen-bond acceptors (Lipinski definition) is 3. The lowest BCUT2D eigenvalue weighted by molar-refractivity contribution is -0.196. The van der Waals surface area contributed by atoms with Crippen molar-refractivity contribution in [2.45, 2.75) is 61.2 Å². The first-order valence-electron chi connectivity index (χ1n) is 7.76. The highest BCUT2D eigenvalue weighted by atomic mass is 16.7. The summed E-state index contributed by atoms with van der Waals surface area (Å²) in [6, 6.07) is 0. The van der Waals surface area contributed by atoms with Gasteiger partial charge in [-0.05, 0) is 36.8 Å². The molecule has 120 valence electrons. The van der Waals surface area contributed by atoms with Gasteiger partial charge in [0.15, 0.2) is 5.78 Å². The summed E-state index contributed by atoms with van der Waals surface area (Å²) in [5.74, 6) is -0.923. The van der Waals surface area contributed by atoms with E-state index in [4.69, 9.17) is 9.47 Å². The number of allylic oxidation sites excluding steroid dienone is 2. The SMILES string of the molecule is CCOC1(OCC)C(C(C)(C)C)=CC(=O)C=C1C(C)(C)C. The second-order valence-corrected chi connectivity index (χ2v) is 7.50. The van der Waals surface area contributed by atoms with Crippen molar-refractivity contribution in [2.75, 3.05) is 13.2 Å². The van der Waals surface area contributed by atoms with E-state index in [0.29, 0.717) is 13.2 Å². The topological polar surface area (TPSA) is 35.5 Å². The summed E-state index contributed by atoms with van der Waals surface area (Å²) in [6.07, 6.45) is 3.36. The van der Waals surface area contributed by atoms with Gasteiger partial charge in [0.2, 0.25) is 5.79 Å². The van der Waals surface area contributed by atoms with Crippen LogP contribution in [0.3, 0.4) is 0 Å². The van der Waals surface area contributed by atoms with Gasteiger partial charge in [-0.2, -0.15) is 0 Å². The van der Waals surface area contributed by atoms with Gasteiger partial charge in [0.25, 0.3) is 0 Å². The summed E-state index contributed by atoms with van der Waals surface area (Å²) in [4.78, 5) is 12.2. The Kier molecular flexibility index (Phi) is 5.22. The Hall–Kier alpha value is -0.930.